The van der Waals surface area contributed by atoms with Crippen LogP contribution in [0, 0.1) is 13.8 Å². The highest BCUT2D eigenvalue weighted by Crippen LogP contribution is 2.17. The van der Waals surface area contributed by atoms with Crippen molar-refractivity contribution in [3.63, 3.8) is 0 Å². The van der Waals surface area contributed by atoms with Crippen LogP contribution in [0.15, 0.2) is 42.5 Å². The van der Waals surface area contributed by atoms with Gasteiger partial charge in [0.1, 0.15) is 12.4 Å². The van der Waals surface area contributed by atoms with E-state index in [9.17, 15) is 4.79 Å². The number of anilines is 2. The van der Waals surface area contributed by atoms with Gasteiger partial charge in [-0.25, -0.2) is 0 Å². The molecule has 0 unspecified atom stereocenters. The third-order valence-corrected chi connectivity index (χ3v) is 3.63. The van der Waals surface area contributed by atoms with E-state index in [1.807, 2.05) is 56.3 Å². The first-order valence-corrected chi connectivity index (χ1v) is 7.91. The largest absolute Gasteiger partial charge is 0.491 e. The number of carbonyl (C=O) groups is 1. The second-order valence-corrected chi connectivity index (χ2v) is 5.57. The average molecular weight is 328 g/mol. The van der Waals surface area contributed by atoms with Crippen molar-refractivity contribution in [1.29, 1.82) is 0 Å². The van der Waals surface area contributed by atoms with Gasteiger partial charge in [0, 0.05) is 24.6 Å². The Bertz CT molecular complexity index is 686. The standard InChI is InChI=1S/C19H24N2O3/c1-14-7-8-17(11-15(14)2)21-19(22)13-20-16-5-4-6-18(12-16)24-10-9-23-3/h4-8,11-12,20H,9-10,13H2,1-3H3,(H,21,22). The van der Waals surface area contributed by atoms with Crippen molar-refractivity contribution in [1.82, 2.24) is 0 Å². The Hall–Kier alpha value is -2.53. The fraction of sp³-hybridized carbons (Fsp3) is 0.316. The summed E-state index contributed by atoms with van der Waals surface area (Å²) in [6.45, 7) is 5.29. The highest BCUT2D eigenvalue weighted by atomic mass is 16.5. The van der Waals surface area contributed by atoms with Crippen molar-refractivity contribution in [3.05, 3.63) is 53.6 Å². The minimum atomic E-state index is -0.0936. The summed E-state index contributed by atoms with van der Waals surface area (Å²) in [4.78, 5) is 12.1. The summed E-state index contributed by atoms with van der Waals surface area (Å²) in [6.07, 6.45) is 0. The number of methoxy groups -OCH3 is 1. The lowest BCUT2D eigenvalue weighted by Crippen LogP contribution is -2.21. The van der Waals surface area contributed by atoms with Gasteiger partial charge in [0.15, 0.2) is 0 Å². The average Bonchev–Trinajstić information content (AvgIpc) is 2.57. The number of aryl methyl sites for hydroxylation is 2. The van der Waals surface area contributed by atoms with Gasteiger partial charge in [0.25, 0.3) is 0 Å². The molecule has 2 aromatic carbocycles. The topological polar surface area (TPSA) is 59.6 Å². The van der Waals surface area contributed by atoms with Crippen molar-refractivity contribution in [3.8, 4) is 5.75 Å². The van der Waals surface area contributed by atoms with Gasteiger partial charge in [0.05, 0.1) is 13.2 Å². The third-order valence-electron chi connectivity index (χ3n) is 3.63. The molecule has 24 heavy (non-hydrogen) atoms. The fourth-order valence-electron chi connectivity index (χ4n) is 2.15. The Balaban J connectivity index is 1.84. The van der Waals surface area contributed by atoms with Gasteiger partial charge in [-0.15, -0.1) is 0 Å². The van der Waals surface area contributed by atoms with Crippen molar-refractivity contribution >= 4 is 17.3 Å². The number of hydrogen-bond donors (Lipinski definition) is 2. The van der Waals surface area contributed by atoms with Gasteiger partial charge in [0.2, 0.25) is 5.91 Å². The summed E-state index contributed by atoms with van der Waals surface area (Å²) >= 11 is 0. The molecule has 5 nitrogen and oxygen atoms in total. The SMILES string of the molecule is COCCOc1cccc(NCC(=O)Nc2ccc(C)c(C)c2)c1. The zero-order valence-electron chi connectivity index (χ0n) is 14.4. The van der Waals surface area contributed by atoms with Crippen LogP contribution in [0.3, 0.4) is 0 Å². The molecule has 0 heterocycles. The van der Waals surface area contributed by atoms with Crippen molar-refractivity contribution < 1.29 is 14.3 Å². The van der Waals surface area contributed by atoms with E-state index in [2.05, 4.69) is 10.6 Å². The zero-order chi connectivity index (χ0) is 17.4. The van der Waals surface area contributed by atoms with Gasteiger partial charge >= 0.3 is 0 Å². The maximum atomic E-state index is 12.1. The van der Waals surface area contributed by atoms with Crippen LogP contribution in [0.1, 0.15) is 11.1 Å². The Kier molecular flexibility index (Phi) is 6.63. The highest BCUT2D eigenvalue weighted by molar-refractivity contribution is 5.93. The molecule has 2 rings (SSSR count). The second kappa shape index (κ2) is 8.93. The minimum absolute atomic E-state index is 0.0936. The molecule has 0 aliphatic rings. The van der Waals surface area contributed by atoms with E-state index in [0.717, 1.165) is 22.7 Å². The smallest absolute Gasteiger partial charge is 0.243 e. The monoisotopic (exact) mass is 328 g/mol. The number of amides is 1. The Labute approximate surface area is 143 Å². The zero-order valence-corrected chi connectivity index (χ0v) is 14.4. The van der Waals surface area contributed by atoms with Gasteiger partial charge in [-0.05, 0) is 49.2 Å². The molecule has 0 aromatic heterocycles. The lowest BCUT2D eigenvalue weighted by atomic mass is 10.1. The molecule has 0 bridgehead atoms. The van der Waals surface area contributed by atoms with E-state index in [1.165, 1.54) is 5.56 Å². The predicted octanol–water partition coefficient (Wildman–Crippen LogP) is 3.38. The van der Waals surface area contributed by atoms with Crippen LogP contribution >= 0.6 is 0 Å². The number of hydrogen-bond acceptors (Lipinski definition) is 4. The van der Waals surface area contributed by atoms with E-state index in [0.29, 0.717) is 13.2 Å². The molecule has 0 saturated heterocycles. The van der Waals surface area contributed by atoms with Crippen LogP contribution in [0.4, 0.5) is 11.4 Å². The number of ether oxygens (including phenoxy) is 2. The summed E-state index contributed by atoms with van der Waals surface area (Å²) in [5.74, 6) is 0.649. The molecular weight excluding hydrogens is 304 g/mol. The van der Waals surface area contributed by atoms with Crippen molar-refractivity contribution in [2.75, 3.05) is 37.5 Å². The van der Waals surface area contributed by atoms with E-state index in [1.54, 1.807) is 7.11 Å². The molecule has 0 aliphatic carbocycles. The van der Waals surface area contributed by atoms with Gasteiger partial charge in [-0.1, -0.05) is 12.1 Å². The molecule has 0 radical (unpaired) electrons. The van der Waals surface area contributed by atoms with E-state index in [4.69, 9.17) is 9.47 Å². The summed E-state index contributed by atoms with van der Waals surface area (Å²) in [5.41, 5.74) is 4.00. The van der Waals surface area contributed by atoms with Crippen molar-refractivity contribution in [2.45, 2.75) is 13.8 Å². The quantitative estimate of drug-likeness (QED) is 0.729. The number of rotatable bonds is 8. The third kappa shape index (κ3) is 5.59. The Morgan fingerprint density at radius 1 is 1.00 bits per heavy atom. The van der Waals surface area contributed by atoms with Crippen LogP contribution in [-0.4, -0.2) is 32.8 Å². The summed E-state index contributed by atoms with van der Waals surface area (Å²) < 4.78 is 10.5. The molecule has 128 valence electrons. The fourth-order valence-corrected chi connectivity index (χ4v) is 2.15. The molecule has 0 atom stereocenters. The summed E-state index contributed by atoms with van der Waals surface area (Å²) in [7, 11) is 1.63. The van der Waals surface area contributed by atoms with Crippen LogP contribution in [-0.2, 0) is 9.53 Å². The van der Waals surface area contributed by atoms with Gasteiger partial charge in [-0.3, -0.25) is 4.79 Å². The lowest BCUT2D eigenvalue weighted by Gasteiger charge is -2.11. The number of nitrogens with one attached hydrogen (secondary N) is 2. The molecule has 1 amide bonds. The minimum Gasteiger partial charge on any atom is -0.491 e. The molecule has 0 spiro atoms. The van der Waals surface area contributed by atoms with Gasteiger partial charge in [-0.2, -0.15) is 0 Å². The number of benzene rings is 2. The van der Waals surface area contributed by atoms with Crippen molar-refractivity contribution in [2.24, 2.45) is 0 Å². The molecule has 5 heteroatoms. The molecule has 2 N–H and O–H groups in total. The molecular formula is C19H24N2O3. The molecule has 2 aromatic rings. The molecule has 0 aliphatic heterocycles. The van der Waals surface area contributed by atoms with E-state index < -0.39 is 0 Å². The Morgan fingerprint density at radius 3 is 2.58 bits per heavy atom. The highest BCUT2D eigenvalue weighted by Gasteiger charge is 2.04. The van der Waals surface area contributed by atoms with Gasteiger partial charge < -0.3 is 20.1 Å². The molecule has 0 saturated carbocycles. The first-order valence-electron chi connectivity index (χ1n) is 7.91. The summed E-state index contributed by atoms with van der Waals surface area (Å²) in [6, 6.07) is 13.4. The Morgan fingerprint density at radius 2 is 1.83 bits per heavy atom. The second-order valence-electron chi connectivity index (χ2n) is 5.57. The van der Waals surface area contributed by atoms with E-state index in [-0.39, 0.29) is 12.5 Å². The first kappa shape index (κ1) is 17.8. The lowest BCUT2D eigenvalue weighted by molar-refractivity contribution is -0.114. The molecule has 0 fully saturated rings. The van der Waals surface area contributed by atoms with Crippen LogP contribution in [0.25, 0.3) is 0 Å². The summed E-state index contributed by atoms with van der Waals surface area (Å²) in [5, 5.41) is 5.99. The maximum absolute atomic E-state index is 12.1. The van der Waals surface area contributed by atoms with Crippen LogP contribution in [0.2, 0.25) is 0 Å². The number of carbonyl (C=O) groups excluding carboxylic acids is 1. The van der Waals surface area contributed by atoms with E-state index >= 15 is 0 Å². The predicted molar refractivity (Wildman–Crippen MR) is 96.8 cm³/mol. The van der Waals surface area contributed by atoms with Crippen LogP contribution in [0.5, 0.6) is 5.75 Å². The normalized spacial score (nSPS) is 10.3. The first-order chi connectivity index (χ1) is 11.6. The maximum Gasteiger partial charge on any atom is 0.243 e. The van der Waals surface area contributed by atoms with Crippen LogP contribution < -0.4 is 15.4 Å².